The van der Waals surface area contributed by atoms with Crippen molar-refractivity contribution in [1.82, 2.24) is 4.72 Å². The SMILES string of the molecule is CCNS(=O)(=O)/C=C/F. The van der Waals surface area contributed by atoms with Crippen molar-refractivity contribution in [3.05, 3.63) is 11.7 Å². The van der Waals surface area contributed by atoms with E-state index in [1.807, 2.05) is 0 Å². The van der Waals surface area contributed by atoms with Crippen LogP contribution in [0.25, 0.3) is 0 Å². The molecule has 0 fully saturated rings. The molecule has 0 rings (SSSR count). The van der Waals surface area contributed by atoms with Gasteiger partial charge in [0.2, 0.25) is 10.0 Å². The van der Waals surface area contributed by atoms with Crippen molar-refractivity contribution in [2.45, 2.75) is 6.92 Å². The Morgan fingerprint density at radius 1 is 1.67 bits per heavy atom. The van der Waals surface area contributed by atoms with E-state index in [-0.39, 0.29) is 12.9 Å². The van der Waals surface area contributed by atoms with E-state index in [0.717, 1.165) is 0 Å². The van der Waals surface area contributed by atoms with Crippen molar-refractivity contribution >= 4 is 10.0 Å². The third-order valence-electron chi connectivity index (χ3n) is 0.576. The lowest BCUT2D eigenvalue weighted by Crippen LogP contribution is -2.19. The highest BCUT2D eigenvalue weighted by molar-refractivity contribution is 7.92. The minimum absolute atomic E-state index is 0.0159. The summed E-state index contributed by atoms with van der Waals surface area (Å²) in [6, 6.07) is 0. The van der Waals surface area contributed by atoms with E-state index in [4.69, 9.17) is 0 Å². The molecule has 0 saturated heterocycles. The fraction of sp³-hybridized carbons (Fsp3) is 0.500. The Hall–Kier alpha value is -0.420. The zero-order valence-electron chi connectivity index (χ0n) is 4.96. The molecule has 3 nitrogen and oxygen atoms in total. The molecule has 0 aromatic heterocycles. The van der Waals surface area contributed by atoms with Gasteiger partial charge < -0.3 is 0 Å². The molecular formula is C4H8FNO2S. The predicted molar refractivity (Wildman–Crippen MR) is 32.8 cm³/mol. The van der Waals surface area contributed by atoms with Crippen LogP contribution in [0.1, 0.15) is 6.92 Å². The summed E-state index contributed by atoms with van der Waals surface area (Å²) < 4.78 is 34.1. The summed E-state index contributed by atoms with van der Waals surface area (Å²) in [4.78, 5) is 0. The normalized spacial score (nSPS) is 12.7. The smallest absolute Gasteiger partial charge is 0.215 e. The van der Waals surface area contributed by atoms with Crippen LogP contribution in [0.4, 0.5) is 4.39 Å². The van der Waals surface area contributed by atoms with Gasteiger partial charge in [-0.2, -0.15) is 0 Å². The fourth-order valence-corrected chi connectivity index (χ4v) is 0.951. The average Bonchev–Trinajstić information content (AvgIpc) is 1.64. The van der Waals surface area contributed by atoms with Gasteiger partial charge in [0.25, 0.3) is 0 Å². The quantitative estimate of drug-likeness (QED) is 0.636. The van der Waals surface area contributed by atoms with E-state index >= 15 is 0 Å². The number of hydrogen-bond acceptors (Lipinski definition) is 2. The van der Waals surface area contributed by atoms with Crippen molar-refractivity contribution in [3.63, 3.8) is 0 Å². The first-order chi connectivity index (χ1) is 4.12. The molecule has 0 heterocycles. The van der Waals surface area contributed by atoms with Crippen LogP contribution in [0.5, 0.6) is 0 Å². The van der Waals surface area contributed by atoms with E-state index in [1.54, 1.807) is 6.92 Å². The van der Waals surface area contributed by atoms with Crippen molar-refractivity contribution in [3.8, 4) is 0 Å². The third kappa shape index (κ3) is 4.11. The number of nitrogens with one attached hydrogen (secondary N) is 1. The van der Waals surface area contributed by atoms with Gasteiger partial charge in [-0.3, -0.25) is 0 Å². The van der Waals surface area contributed by atoms with E-state index in [9.17, 15) is 12.8 Å². The molecule has 0 aromatic carbocycles. The van der Waals surface area contributed by atoms with Crippen molar-refractivity contribution < 1.29 is 12.8 Å². The fourth-order valence-electron chi connectivity index (χ4n) is 0.317. The van der Waals surface area contributed by atoms with Crippen LogP contribution in [0.3, 0.4) is 0 Å². The molecule has 0 amide bonds. The Bertz CT molecular complexity index is 185. The van der Waals surface area contributed by atoms with Gasteiger partial charge in [-0.25, -0.2) is 17.5 Å². The first-order valence-corrected chi connectivity index (χ1v) is 3.93. The van der Waals surface area contributed by atoms with Crippen LogP contribution in [0.15, 0.2) is 11.7 Å². The molecule has 0 atom stereocenters. The van der Waals surface area contributed by atoms with Crippen LogP contribution in [-0.2, 0) is 10.0 Å². The third-order valence-corrected chi connectivity index (χ3v) is 1.73. The minimum Gasteiger partial charge on any atom is -0.215 e. The van der Waals surface area contributed by atoms with Gasteiger partial charge in [-0.15, -0.1) is 0 Å². The largest absolute Gasteiger partial charge is 0.235 e. The maximum Gasteiger partial charge on any atom is 0.235 e. The Morgan fingerprint density at radius 3 is 2.56 bits per heavy atom. The standard InChI is InChI=1S/C4H8FNO2S/c1-2-6-9(7,8)4-3-5/h3-4,6H,2H2,1H3/b4-3+. The van der Waals surface area contributed by atoms with Crippen molar-refractivity contribution in [1.29, 1.82) is 0 Å². The summed E-state index contributed by atoms with van der Waals surface area (Å²) in [7, 11) is -3.49. The topological polar surface area (TPSA) is 46.2 Å². The molecule has 54 valence electrons. The van der Waals surface area contributed by atoms with Crippen molar-refractivity contribution in [2.75, 3.05) is 6.54 Å². The zero-order valence-corrected chi connectivity index (χ0v) is 5.78. The van der Waals surface area contributed by atoms with Gasteiger partial charge in [0.05, 0.1) is 11.7 Å². The maximum atomic E-state index is 11.2. The van der Waals surface area contributed by atoms with E-state index in [1.165, 1.54) is 0 Å². The number of hydrogen-bond donors (Lipinski definition) is 1. The molecule has 0 saturated carbocycles. The summed E-state index contributed by atoms with van der Waals surface area (Å²) >= 11 is 0. The summed E-state index contributed by atoms with van der Waals surface area (Å²) in [6.45, 7) is 1.89. The molecule has 0 aliphatic carbocycles. The van der Waals surface area contributed by atoms with Gasteiger partial charge >= 0.3 is 0 Å². The molecule has 0 radical (unpaired) electrons. The maximum absolute atomic E-state index is 11.2. The lowest BCUT2D eigenvalue weighted by atomic mass is 10.8. The molecule has 0 aromatic rings. The Morgan fingerprint density at radius 2 is 2.22 bits per heavy atom. The Kier molecular flexibility index (Phi) is 3.41. The van der Waals surface area contributed by atoms with Gasteiger partial charge in [0.15, 0.2) is 0 Å². The highest BCUT2D eigenvalue weighted by Crippen LogP contribution is 1.85. The first kappa shape index (κ1) is 8.58. The molecular weight excluding hydrogens is 145 g/mol. The molecule has 9 heavy (non-hydrogen) atoms. The summed E-state index contributed by atoms with van der Waals surface area (Å²) in [5.74, 6) is 0. The summed E-state index contributed by atoms with van der Waals surface area (Å²) in [6.07, 6.45) is -0.0159. The van der Waals surface area contributed by atoms with Crippen LogP contribution in [0, 0.1) is 0 Å². The zero-order chi connectivity index (χ0) is 7.33. The molecule has 0 aliphatic heterocycles. The van der Waals surface area contributed by atoms with Gasteiger partial charge in [0.1, 0.15) is 0 Å². The van der Waals surface area contributed by atoms with Gasteiger partial charge in [0, 0.05) is 6.54 Å². The van der Waals surface area contributed by atoms with Gasteiger partial charge in [-0.05, 0) is 0 Å². The molecule has 1 N–H and O–H groups in total. The van der Waals surface area contributed by atoms with Gasteiger partial charge in [-0.1, -0.05) is 6.92 Å². The monoisotopic (exact) mass is 153 g/mol. The van der Waals surface area contributed by atoms with E-state index < -0.39 is 10.0 Å². The summed E-state index contributed by atoms with van der Waals surface area (Å²) in [5, 5.41) is 0.469. The molecule has 0 unspecified atom stereocenters. The lowest BCUT2D eigenvalue weighted by Gasteiger charge is -1.93. The Labute approximate surface area is 53.6 Å². The molecule has 0 spiro atoms. The first-order valence-electron chi connectivity index (χ1n) is 2.39. The molecule has 0 aliphatic rings. The van der Waals surface area contributed by atoms with Crippen LogP contribution >= 0.6 is 0 Å². The molecule has 5 heteroatoms. The lowest BCUT2D eigenvalue weighted by molar-refractivity contribution is 0.592. The van der Waals surface area contributed by atoms with Crippen molar-refractivity contribution in [2.24, 2.45) is 0 Å². The Balaban J connectivity index is 4.05. The summed E-state index contributed by atoms with van der Waals surface area (Å²) in [5.41, 5.74) is 0. The molecule has 0 bridgehead atoms. The minimum atomic E-state index is -3.49. The van der Waals surface area contributed by atoms with E-state index in [0.29, 0.717) is 5.41 Å². The van der Waals surface area contributed by atoms with Crippen LogP contribution in [-0.4, -0.2) is 15.0 Å². The highest BCUT2D eigenvalue weighted by Gasteiger charge is 1.99. The second-order valence-corrected chi connectivity index (χ2v) is 2.96. The number of rotatable bonds is 3. The van der Waals surface area contributed by atoms with Crippen LogP contribution in [0.2, 0.25) is 0 Å². The van der Waals surface area contributed by atoms with Crippen LogP contribution < -0.4 is 4.72 Å². The second kappa shape index (κ2) is 3.58. The average molecular weight is 153 g/mol. The predicted octanol–water partition coefficient (Wildman–Crippen LogP) is 0.366. The van der Waals surface area contributed by atoms with E-state index in [2.05, 4.69) is 4.72 Å². The highest BCUT2D eigenvalue weighted by atomic mass is 32.2. The number of sulfonamides is 1. The number of halogens is 1. The second-order valence-electron chi connectivity index (χ2n) is 1.30.